The summed E-state index contributed by atoms with van der Waals surface area (Å²) >= 11 is 1.57. The molecule has 2 unspecified atom stereocenters. The van der Waals surface area contributed by atoms with Crippen LogP contribution in [0.3, 0.4) is 0 Å². The van der Waals surface area contributed by atoms with Gasteiger partial charge in [-0.15, -0.1) is 0 Å². The van der Waals surface area contributed by atoms with Gasteiger partial charge < -0.3 is 21.3 Å². The summed E-state index contributed by atoms with van der Waals surface area (Å²) in [4.78, 5) is 11.3. The number of hydrogen-bond donors (Lipinski definition) is 4. The molecule has 0 aromatic rings. The molecule has 0 spiro atoms. The lowest BCUT2D eigenvalue weighted by atomic mass is 9.95. The van der Waals surface area contributed by atoms with Crippen LogP contribution in [0.25, 0.3) is 0 Å². The van der Waals surface area contributed by atoms with Gasteiger partial charge in [0.25, 0.3) is 0 Å². The number of aliphatic hydroxyl groups excluding tert-OH is 2. The van der Waals surface area contributed by atoms with E-state index in [-0.39, 0.29) is 12.5 Å². The van der Waals surface area contributed by atoms with Gasteiger partial charge in [-0.25, -0.2) is 0 Å². The Bertz CT molecular complexity index is 229. The molecule has 0 aliphatic heterocycles. The van der Waals surface area contributed by atoms with Crippen molar-refractivity contribution in [3.63, 3.8) is 0 Å². The highest BCUT2D eigenvalue weighted by Gasteiger charge is 2.28. The first kappa shape index (κ1) is 16.7. The van der Waals surface area contributed by atoms with Crippen LogP contribution in [-0.4, -0.2) is 52.4 Å². The Hall–Kier alpha value is -0.300. The maximum Gasteiger partial charge on any atom is 0.237 e. The van der Waals surface area contributed by atoms with E-state index < -0.39 is 11.6 Å². The van der Waals surface area contributed by atoms with E-state index in [0.717, 1.165) is 12.2 Å². The SMILES string of the molecule is CCNC(C)(CCCSCC(O)CO)C(N)=O. The molecule has 0 aromatic heterocycles. The second-order valence-corrected chi connectivity index (χ2v) is 5.39. The molecule has 6 heteroatoms. The van der Waals surface area contributed by atoms with Crippen molar-refractivity contribution in [1.82, 2.24) is 5.32 Å². The fourth-order valence-electron chi connectivity index (χ4n) is 1.49. The van der Waals surface area contributed by atoms with E-state index in [4.69, 9.17) is 15.9 Å². The molecule has 0 rings (SSSR count). The van der Waals surface area contributed by atoms with Gasteiger partial charge in [0.2, 0.25) is 5.91 Å². The summed E-state index contributed by atoms with van der Waals surface area (Å²) in [5.41, 5.74) is 4.71. The molecule has 0 aliphatic rings. The highest BCUT2D eigenvalue weighted by molar-refractivity contribution is 7.99. The Morgan fingerprint density at radius 1 is 1.59 bits per heavy atom. The van der Waals surface area contributed by atoms with Gasteiger partial charge in [0.15, 0.2) is 0 Å². The Morgan fingerprint density at radius 3 is 2.71 bits per heavy atom. The molecule has 1 amide bonds. The summed E-state index contributed by atoms with van der Waals surface area (Å²) in [7, 11) is 0. The number of amides is 1. The maximum absolute atomic E-state index is 11.3. The second kappa shape index (κ2) is 8.74. The predicted octanol–water partition coefficient (Wildman–Crippen LogP) is -0.293. The lowest BCUT2D eigenvalue weighted by Gasteiger charge is -2.26. The van der Waals surface area contributed by atoms with Crippen LogP contribution in [0.4, 0.5) is 0 Å². The fourth-order valence-corrected chi connectivity index (χ4v) is 2.38. The number of nitrogens with one attached hydrogen (secondary N) is 1. The number of hydrogen-bond acceptors (Lipinski definition) is 5. The highest BCUT2D eigenvalue weighted by Crippen LogP contribution is 2.15. The lowest BCUT2D eigenvalue weighted by molar-refractivity contribution is -0.124. The summed E-state index contributed by atoms with van der Waals surface area (Å²) < 4.78 is 0. The number of likely N-dealkylation sites (N-methyl/N-ethyl adjacent to an activating group) is 1. The Morgan fingerprint density at radius 2 is 2.24 bits per heavy atom. The monoisotopic (exact) mass is 264 g/mol. The van der Waals surface area contributed by atoms with Crippen LogP contribution in [0.5, 0.6) is 0 Å². The van der Waals surface area contributed by atoms with Gasteiger partial charge in [0, 0.05) is 5.75 Å². The molecule has 0 fully saturated rings. The molecule has 0 aliphatic carbocycles. The smallest absolute Gasteiger partial charge is 0.237 e. The zero-order valence-corrected chi connectivity index (χ0v) is 11.4. The molecule has 0 bridgehead atoms. The molecule has 0 aromatic carbocycles. The summed E-state index contributed by atoms with van der Waals surface area (Å²) in [6, 6.07) is 0. The molecule has 2 atom stereocenters. The second-order valence-electron chi connectivity index (χ2n) is 4.24. The normalized spacial score (nSPS) is 16.5. The van der Waals surface area contributed by atoms with Crippen LogP contribution in [-0.2, 0) is 4.79 Å². The summed E-state index contributed by atoms with van der Waals surface area (Å²) in [5.74, 6) is 1.02. The van der Waals surface area contributed by atoms with Gasteiger partial charge in [-0.05, 0) is 32.1 Å². The predicted molar refractivity (Wildman–Crippen MR) is 70.9 cm³/mol. The molecule has 102 valence electrons. The number of primary amides is 1. The van der Waals surface area contributed by atoms with Gasteiger partial charge in [0.05, 0.1) is 18.2 Å². The van der Waals surface area contributed by atoms with E-state index in [1.165, 1.54) is 0 Å². The van der Waals surface area contributed by atoms with Crippen molar-refractivity contribution in [3.8, 4) is 0 Å². The van der Waals surface area contributed by atoms with Crippen molar-refractivity contribution in [2.45, 2.75) is 38.3 Å². The molecular formula is C11H24N2O3S. The third-order valence-electron chi connectivity index (χ3n) is 2.60. The first-order chi connectivity index (χ1) is 7.96. The Labute approximate surface area is 107 Å². The fraction of sp³-hybridized carbons (Fsp3) is 0.909. The van der Waals surface area contributed by atoms with E-state index in [1.807, 2.05) is 13.8 Å². The van der Waals surface area contributed by atoms with Crippen molar-refractivity contribution in [1.29, 1.82) is 0 Å². The van der Waals surface area contributed by atoms with E-state index in [2.05, 4.69) is 5.32 Å². The summed E-state index contributed by atoms with van der Waals surface area (Å²) in [6.45, 7) is 4.25. The summed E-state index contributed by atoms with van der Waals surface area (Å²) in [6.07, 6.45) is 0.865. The summed E-state index contributed by atoms with van der Waals surface area (Å²) in [5, 5.41) is 20.9. The molecule has 0 radical (unpaired) electrons. The molecule has 17 heavy (non-hydrogen) atoms. The van der Waals surface area contributed by atoms with Crippen LogP contribution in [0, 0.1) is 0 Å². The Kier molecular flexibility index (Phi) is 8.59. The van der Waals surface area contributed by atoms with Crippen LogP contribution in [0.15, 0.2) is 0 Å². The minimum atomic E-state index is -0.656. The van der Waals surface area contributed by atoms with Crippen molar-refractivity contribution >= 4 is 17.7 Å². The zero-order valence-electron chi connectivity index (χ0n) is 10.6. The number of rotatable bonds is 10. The highest BCUT2D eigenvalue weighted by atomic mass is 32.2. The largest absolute Gasteiger partial charge is 0.394 e. The number of thioether (sulfide) groups is 1. The first-order valence-electron chi connectivity index (χ1n) is 5.88. The van der Waals surface area contributed by atoms with Crippen molar-refractivity contribution in [2.75, 3.05) is 24.7 Å². The van der Waals surface area contributed by atoms with E-state index in [0.29, 0.717) is 18.7 Å². The quantitative estimate of drug-likeness (QED) is 0.407. The average molecular weight is 264 g/mol. The molecule has 0 saturated heterocycles. The lowest BCUT2D eigenvalue weighted by Crippen LogP contribution is -2.53. The molecular weight excluding hydrogens is 240 g/mol. The van der Waals surface area contributed by atoms with E-state index in [1.54, 1.807) is 11.8 Å². The minimum absolute atomic E-state index is 0.205. The first-order valence-corrected chi connectivity index (χ1v) is 7.03. The van der Waals surface area contributed by atoms with E-state index in [9.17, 15) is 4.79 Å². The van der Waals surface area contributed by atoms with Crippen LogP contribution >= 0.6 is 11.8 Å². The van der Waals surface area contributed by atoms with Gasteiger partial charge in [-0.3, -0.25) is 4.79 Å². The third kappa shape index (κ3) is 6.88. The van der Waals surface area contributed by atoms with Gasteiger partial charge in [-0.1, -0.05) is 6.92 Å². The zero-order chi connectivity index (χ0) is 13.3. The molecule has 0 heterocycles. The number of carbonyl (C=O) groups is 1. The average Bonchev–Trinajstić information content (AvgIpc) is 2.28. The van der Waals surface area contributed by atoms with Crippen LogP contribution < -0.4 is 11.1 Å². The number of nitrogens with two attached hydrogens (primary N) is 1. The molecule has 0 saturated carbocycles. The van der Waals surface area contributed by atoms with Gasteiger partial charge >= 0.3 is 0 Å². The van der Waals surface area contributed by atoms with Gasteiger partial charge in [0.1, 0.15) is 0 Å². The third-order valence-corrected chi connectivity index (χ3v) is 3.80. The van der Waals surface area contributed by atoms with Crippen LogP contribution in [0.2, 0.25) is 0 Å². The van der Waals surface area contributed by atoms with Crippen molar-refractivity contribution in [3.05, 3.63) is 0 Å². The Balaban J connectivity index is 3.80. The maximum atomic E-state index is 11.3. The molecule has 5 nitrogen and oxygen atoms in total. The van der Waals surface area contributed by atoms with Crippen molar-refractivity contribution < 1.29 is 15.0 Å². The number of aliphatic hydroxyl groups is 2. The van der Waals surface area contributed by atoms with Crippen molar-refractivity contribution in [2.24, 2.45) is 5.73 Å². The molecule has 5 N–H and O–H groups in total. The van der Waals surface area contributed by atoms with Crippen LogP contribution in [0.1, 0.15) is 26.7 Å². The van der Waals surface area contributed by atoms with Gasteiger partial charge in [-0.2, -0.15) is 11.8 Å². The number of carbonyl (C=O) groups excluding carboxylic acids is 1. The topological polar surface area (TPSA) is 95.6 Å². The minimum Gasteiger partial charge on any atom is -0.394 e. The standard InChI is InChI=1S/C11H24N2O3S/c1-3-13-11(2,10(12)16)5-4-6-17-8-9(15)7-14/h9,13-15H,3-8H2,1-2H3,(H2,12,16). The van der Waals surface area contributed by atoms with E-state index >= 15 is 0 Å².